The fourth-order valence-corrected chi connectivity index (χ4v) is 3.53. The molecule has 25 heavy (non-hydrogen) atoms. The van der Waals surface area contributed by atoms with Gasteiger partial charge in [-0.15, -0.1) is 0 Å². The summed E-state index contributed by atoms with van der Waals surface area (Å²) in [4.78, 5) is 12.3. The minimum absolute atomic E-state index is 0.0267. The Balaban J connectivity index is 2.17. The molecule has 0 saturated carbocycles. The van der Waals surface area contributed by atoms with Gasteiger partial charge in [0.15, 0.2) is 0 Å². The first-order valence-electron chi connectivity index (χ1n) is 7.97. The van der Waals surface area contributed by atoms with Gasteiger partial charge < -0.3 is 10.1 Å². The number of methoxy groups -OCH3 is 1. The number of benzene rings is 2. The molecule has 0 aliphatic heterocycles. The van der Waals surface area contributed by atoms with E-state index in [1.807, 2.05) is 0 Å². The first-order chi connectivity index (χ1) is 11.9. The van der Waals surface area contributed by atoms with Crippen molar-refractivity contribution in [2.45, 2.75) is 13.8 Å². The highest BCUT2D eigenvalue weighted by Gasteiger charge is 2.19. The van der Waals surface area contributed by atoms with Crippen molar-refractivity contribution in [3.63, 3.8) is 0 Å². The summed E-state index contributed by atoms with van der Waals surface area (Å²) in [6.07, 6.45) is 0. The van der Waals surface area contributed by atoms with E-state index >= 15 is 0 Å². The van der Waals surface area contributed by atoms with Gasteiger partial charge in [-0.25, -0.2) is 8.42 Å². The second-order valence-electron chi connectivity index (χ2n) is 5.30. The van der Waals surface area contributed by atoms with Crippen LogP contribution < -0.4 is 14.4 Å². The molecule has 134 valence electrons. The third kappa shape index (κ3) is 4.51. The zero-order chi connectivity index (χ0) is 18.4. The molecule has 0 spiro atoms. The maximum Gasteiger partial charge on any atom is 0.255 e. The quantitative estimate of drug-likeness (QED) is 0.821. The predicted molar refractivity (Wildman–Crippen MR) is 99.9 cm³/mol. The number of nitrogens with one attached hydrogen (secondary N) is 1. The fraction of sp³-hybridized carbons (Fsp3) is 0.278. The molecule has 0 aliphatic rings. The van der Waals surface area contributed by atoms with Crippen molar-refractivity contribution in [1.82, 2.24) is 0 Å². The average molecular weight is 362 g/mol. The molecule has 2 rings (SSSR count). The number of rotatable bonds is 7. The molecule has 2 aromatic rings. The number of nitrogens with zero attached hydrogens (tertiary/aromatic N) is 1. The summed E-state index contributed by atoms with van der Waals surface area (Å²) in [5, 5.41) is 2.79. The zero-order valence-corrected chi connectivity index (χ0v) is 15.3. The van der Waals surface area contributed by atoms with Crippen LogP contribution in [-0.2, 0) is 10.0 Å². The monoisotopic (exact) mass is 362 g/mol. The molecule has 0 radical (unpaired) electrons. The number of carbonyl (C=O) groups excluding carboxylic acids is 1. The first kappa shape index (κ1) is 18.8. The number of hydrogen-bond acceptors (Lipinski definition) is 4. The molecule has 0 saturated heterocycles. The molecule has 0 fully saturated rings. The number of sulfonamides is 1. The summed E-state index contributed by atoms with van der Waals surface area (Å²) in [5.41, 5.74) is 1.61. The lowest BCUT2D eigenvalue weighted by Gasteiger charge is -2.22. The zero-order valence-electron chi connectivity index (χ0n) is 14.5. The molecule has 0 unspecified atom stereocenters. The number of anilines is 2. The Hall–Kier alpha value is -2.54. The Labute approximate surface area is 148 Å². The third-order valence-corrected chi connectivity index (χ3v) is 5.60. The fourth-order valence-electron chi connectivity index (χ4n) is 2.38. The maximum atomic E-state index is 12.3. The van der Waals surface area contributed by atoms with E-state index in [4.69, 9.17) is 4.74 Å². The molecule has 2 aromatic carbocycles. The lowest BCUT2D eigenvalue weighted by Crippen LogP contribution is -2.32. The molecule has 1 amide bonds. The van der Waals surface area contributed by atoms with E-state index in [0.717, 1.165) is 0 Å². The Morgan fingerprint density at radius 1 is 1.12 bits per heavy atom. The summed E-state index contributed by atoms with van der Waals surface area (Å²) < 4.78 is 30.6. The van der Waals surface area contributed by atoms with Gasteiger partial charge >= 0.3 is 0 Å². The summed E-state index contributed by atoms with van der Waals surface area (Å²) in [6, 6.07) is 13.6. The van der Waals surface area contributed by atoms with E-state index in [2.05, 4.69) is 5.32 Å². The Morgan fingerprint density at radius 2 is 1.80 bits per heavy atom. The van der Waals surface area contributed by atoms with Crippen LogP contribution in [0.15, 0.2) is 48.5 Å². The van der Waals surface area contributed by atoms with Gasteiger partial charge in [0.2, 0.25) is 10.0 Å². The van der Waals surface area contributed by atoms with Gasteiger partial charge in [-0.05, 0) is 50.2 Å². The van der Waals surface area contributed by atoms with E-state index < -0.39 is 10.0 Å². The number of carbonyl (C=O) groups is 1. The Bertz CT molecular complexity index is 832. The molecule has 6 nitrogen and oxygen atoms in total. The molecule has 7 heteroatoms. The van der Waals surface area contributed by atoms with Crippen LogP contribution >= 0.6 is 0 Å². The van der Waals surface area contributed by atoms with Crippen molar-refractivity contribution in [2.24, 2.45) is 0 Å². The second kappa shape index (κ2) is 8.02. The molecular formula is C18H22N2O4S. The van der Waals surface area contributed by atoms with E-state index in [9.17, 15) is 13.2 Å². The summed E-state index contributed by atoms with van der Waals surface area (Å²) >= 11 is 0. The van der Waals surface area contributed by atoms with Crippen molar-refractivity contribution >= 4 is 27.3 Å². The van der Waals surface area contributed by atoms with Crippen LogP contribution in [-0.4, -0.2) is 33.7 Å². The summed E-state index contributed by atoms with van der Waals surface area (Å²) in [5.74, 6) is 0.400. The van der Waals surface area contributed by atoms with Gasteiger partial charge in [-0.2, -0.15) is 0 Å². The normalized spacial score (nSPS) is 11.0. The van der Waals surface area contributed by atoms with Crippen molar-refractivity contribution in [3.05, 3.63) is 54.1 Å². The van der Waals surface area contributed by atoms with Crippen LogP contribution in [0.25, 0.3) is 0 Å². The van der Waals surface area contributed by atoms with Gasteiger partial charge in [-0.1, -0.05) is 6.07 Å². The standard InChI is InChI=1S/C18H22N2O4S/c1-4-20(25(22,23)5-2)16-11-9-14(10-12-16)18(21)19-15-7-6-8-17(13-15)24-3/h6-13H,4-5H2,1-3H3,(H,19,21). The minimum atomic E-state index is -3.33. The number of ether oxygens (including phenoxy) is 1. The highest BCUT2D eigenvalue weighted by atomic mass is 32.2. The Kier molecular flexibility index (Phi) is 6.03. The van der Waals surface area contributed by atoms with Gasteiger partial charge in [0.05, 0.1) is 18.6 Å². The van der Waals surface area contributed by atoms with E-state index in [1.54, 1.807) is 69.5 Å². The smallest absolute Gasteiger partial charge is 0.255 e. The van der Waals surface area contributed by atoms with Crippen LogP contribution in [0.4, 0.5) is 11.4 Å². The van der Waals surface area contributed by atoms with Crippen LogP contribution in [0.1, 0.15) is 24.2 Å². The molecular weight excluding hydrogens is 340 g/mol. The van der Waals surface area contributed by atoms with Gasteiger partial charge in [0.25, 0.3) is 5.91 Å². The predicted octanol–water partition coefficient (Wildman–Crippen LogP) is 3.12. The molecule has 0 atom stereocenters. The Morgan fingerprint density at radius 3 is 2.36 bits per heavy atom. The topological polar surface area (TPSA) is 75.7 Å². The SMILES string of the molecule is CCN(c1ccc(C(=O)Nc2cccc(OC)c2)cc1)S(=O)(=O)CC. The highest BCUT2D eigenvalue weighted by molar-refractivity contribution is 7.92. The lowest BCUT2D eigenvalue weighted by atomic mass is 10.2. The van der Waals surface area contributed by atoms with E-state index in [-0.39, 0.29) is 11.7 Å². The van der Waals surface area contributed by atoms with Gasteiger partial charge in [0.1, 0.15) is 5.75 Å². The average Bonchev–Trinajstić information content (AvgIpc) is 2.62. The first-order valence-corrected chi connectivity index (χ1v) is 9.58. The molecule has 0 aromatic heterocycles. The van der Waals surface area contributed by atoms with Crippen LogP contribution in [0, 0.1) is 0 Å². The summed E-state index contributed by atoms with van der Waals surface area (Å²) in [7, 11) is -1.77. The third-order valence-electron chi connectivity index (χ3n) is 3.73. The second-order valence-corrected chi connectivity index (χ2v) is 7.48. The minimum Gasteiger partial charge on any atom is -0.497 e. The molecule has 0 heterocycles. The lowest BCUT2D eigenvalue weighted by molar-refractivity contribution is 0.102. The van der Waals surface area contributed by atoms with E-state index in [1.165, 1.54) is 4.31 Å². The van der Waals surface area contributed by atoms with Crippen LogP contribution in [0.3, 0.4) is 0 Å². The van der Waals surface area contributed by atoms with Crippen molar-refractivity contribution in [2.75, 3.05) is 29.0 Å². The maximum absolute atomic E-state index is 12.3. The number of amides is 1. The van der Waals surface area contributed by atoms with E-state index in [0.29, 0.717) is 29.2 Å². The molecule has 1 N–H and O–H groups in total. The van der Waals surface area contributed by atoms with Crippen molar-refractivity contribution in [3.8, 4) is 5.75 Å². The van der Waals surface area contributed by atoms with Gasteiger partial charge in [0, 0.05) is 23.9 Å². The van der Waals surface area contributed by atoms with Crippen molar-refractivity contribution in [1.29, 1.82) is 0 Å². The van der Waals surface area contributed by atoms with Gasteiger partial charge in [-0.3, -0.25) is 9.10 Å². The highest BCUT2D eigenvalue weighted by Crippen LogP contribution is 2.21. The molecule has 0 aliphatic carbocycles. The van der Waals surface area contributed by atoms with Crippen LogP contribution in [0.5, 0.6) is 5.75 Å². The largest absolute Gasteiger partial charge is 0.497 e. The summed E-state index contributed by atoms with van der Waals surface area (Å²) in [6.45, 7) is 3.72. The van der Waals surface area contributed by atoms with Crippen LogP contribution in [0.2, 0.25) is 0 Å². The van der Waals surface area contributed by atoms with Crippen molar-refractivity contribution < 1.29 is 17.9 Å². The number of hydrogen-bond donors (Lipinski definition) is 1. The molecule has 0 bridgehead atoms.